The summed E-state index contributed by atoms with van der Waals surface area (Å²) in [6.45, 7) is 2.50. The molecule has 3 aromatic rings. The van der Waals surface area contributed by atoms with Crippen molar-refractivity contribution >= 4 is 23.3 Å². The molecule has 0 saturated heterocycles. The van der Waals surface area contributed by atoms with Crippen LogP contribution in [0, 0.1) is 0 Å². The van der Waals surface area contributed by atoms with Gasteiger partial charge >= 0.3 is 6.03 Å². The second kappa shape index (κ2) is 8.38. The van der Waals surface area contributed by atoms with Crippen LogP contribution in [0.2, 0.25) is 0 Å². The van der Waals surface area contributed by atoms with Gasteiger partial charge in [0, 0.05) is 30.8 Å². The molecule has 2 aliphatic heterocycles. The molecular weight excluding hydrogens is 402 g/mol. The van der Waals surface area contributed by atoms with Gasteiger partial charge in [-0.1, -0.05) is 36.4 Å². The van der Waals surface area contributed by atoms with Crippen LogP contribution in [0.4, 0.5) is 16.2 Å². The second-order valence-corrected chi connectivity index (χ2v) is 8.38. The normalized spacial score (nSPS) is 16.4. The van der Waals surface area contributed by atoms with E-state index in [1.807, 2.05) is 30.3 Å². The molecule has 0 spiro atoms. The van der Waals surface area contributed by atoms with E-state index in [9.17, 15) is 9.59 Å². The number of urea groups is 1. The molecule has 6 nitrogen and oxygen atoms in total. The van der Waals surface area contributed by atoms with Crippen molar-refractivity contribution in [3.05, 3.63) is 77.4 Å². The topological polar surface area (TPSA) is 79.5 Å². The highest BCUT2D eigenvalue weighted by Gasteiger charge is 2.19. The minimum atomic E-state index is -0.288. The number of carbonyl (C=O) groups is 2. The van der Waals surface area contributed by atoms with E-state index in [-0.39, 0.29) is 18.0 Å². The number of nitrogens with one attached hydrogen (secondary N) is 3. The summed E-state index contributed by atoms with van der Waals surface area (Å²) in [7, 11) is 0. The summed E-state index contributed by atoms with van der Waals surface area (Å²) < 4.78 is 5.78. The molecule has 0 bridgehead atoms. The van der Waals surface area contributed by atoms with E-state index in [0.29, 0.717) is 18.7 Å². The van der Waals surface area contributed by atoms with E-state index in [1.165, 1.54) is 11.1 Å². The van der Waals surface area contributed by atoms with Gasteiger partial charge in [-0.2, -0.15) is 0 Å². The number of hydrogen-bond acceptors (Lipinski definition) is 3. The van der Waals surface area contributed by atoms with E-state index < -0.39 is 0 Å². The first kappa shape index (κ1) is 20.1. The van der Waals surface area contributed by atoms with Gasteiger partial charge in [0.15, 0.2) is 0 Å². The Morgan fingerprint density at radius 2 is 1.81 bits per heavy atom. The molecule has 3 aromatic carbocycles. The first-order valence-corrected chi connectivity index (χ1v) is 10.9. The molecule has 0 aliphatic carbocycles. The summed E-state index contributed by atoms with van der Waals surface area (Å²) in [5, 5.41) is 8.56. The molecule has 3 N–H and O–H groups in total. The van der Waals surface area contributed by atoms with Crippen LogP contribution in [0.1, 0.15) is 30.0 Å². The van der Waals surface area contributed by atoms with Crippen molar-refractivity contribution in [3.8, 4) is 16.9 Å². The summed E-state index contributed by atoms with van der Waals surface area (Å²) in [6, 6.07) is 19.8. The lowest BCUT2D eigenvalue weighted by atomic mass is 10.00. The van der Waals surface area contributed by atoms with Crippen LogP contribution in [-0.2, 0) is 24.2 Å². The van der Waals surface area contributed by atoms with E-state index in [0.717, 1.165) is 41.0 Å². The van der Waals surface area contributed by atoms with Crippen LogP contribution in [-0.4, -0.2) is 18.0 Å². The average Bonchev–Trinajstić information content (AvgIpc) is 3.17. The number of amides is 3. The summed E-state index contributed by atoms with van der Waals surface area (Å²) in [4.78, 5) is 23.9. The maximum absolute atomic E-state index is 12.3. The number of ether oxygens (including phenoxy) is 1. The molecule has 162 valence electrons. The predicted molar refractivity (Wildman–Crippen MR) is 125 cm³/mol. The number of benzene rings is 3. The zero-order valence-electron chi connectivity index (χ0n) is 17.9. The third-order valence-corrected chi connectivity index (χ3v) is 5.90. The first-order chi connectivity index (χ1) is 15.5. The van der Waals surface area contributed by atoms with Gasteiger partial charge in [-0.25, -0.2) is 4.79 Å². The minimum Gasteiger partial charge on any atom is -0.490 e. The molecule has 0 radical (unpaired) electrons. The van der Waals surface area contributed by atoms with Gasteiger partial charge in [0.1, 0.15) is 11.9 Å². The van der Waals surface area contributed by atoms with Crippen molar-refractivity contribution < 1.29 is 14.3 Å². The van der Waals surface area contributed by atoms with E-state index in [4.69, 9.17) is 4.74 Å². The highest BCUT2D eigenvalue weighted by molar-refractivity contribution is 5.96. The zero-order chi connectivity index (χ0) is 22.1. The number of carbonyl (C=O) groups excluding carboxylic acids is 2. The van der Waals surface area contributed by atoms with Gasteiger partial charge in [-0.15, -0.1) is 0 Å². The summed E-state index contributed by atoms with van der Waals surface area (Å²) in [5.41, 5.74) is 7.06. The third kappa shape index (κ3) is 4.30. The van der Waals surface area contributed by atoms with Crippen molar-refractivity contribution in [1.82, 2.24) is 5.32 Å². The lowest BCUT2D eigenvalue weighted by Gasteiger charge is -2.18. The van der Waals surface area contributed by atoms with Crippen LogP contribution in [0.5, 0.6) is 5.75 Å². The van der Waals surface area contributed by atoms with Crippen LogP contribution in [0.15, 0.2) is 60.7 Å². The van der Waals surface area contributed by atoms with Crippen LogP contribution in [0.3, 0.4) is 0 Å². The lowest BCUT2D eigenvalue weighted by molar-refractivity contribution is -0.116. The Labute approximate surface area is 187 Å². The molecule has 1 atom stereocenters. The average molecular weight is 428 g/mol. The highest BCUT2D eigenvalue weighted by Crippen LogP contribution is 2.33. The highest BCUT2D eigenvalue weighted by atomic mass is 16.5. The molecule has 0 aromatic heterocycles. The fourth-order valence-corrected chi connectivity index (χ4v) is 4.22. The van der Waals surface area contributed by atoms with Crippen molar-refractivity contribution in [2.24, 2.45) is 0 Å². The quantitative estimate of drug-likeness (QED) is 0.555. The molecule has 3 amide bonds. The van der Waals surface area contributed by atoms with Gasteiger partial charge in [0.05, 0.1) is 0 Å². The molecule has 5 rings (SSSR count). The molecule has 32 heavy (non-hydrogen) atoms. The largest absolute Gasteiger partial charge is 0.490 e. The number of fused-ring (bicyclic) bond motifs is 2. The Hall–Kier alpha value is -3.80. The smallest absolute Gasteiger partial charge is 0.319 e. The SMILES string of the molecule is CC1Cc2cc(-c3ccc(CNC(=O)Nc4ccc5c(c4)NC(=O)CC5)cc3)ccc2O1. The summed E-state index contributed by atoms with van der Waals surface area (Å²) in [6.07, 6.45) is 2.40. The van der Waals surface area contributed by atoms with Crippen molar-refractivity contribution in [3.63, 3.8) is 0 Å². The summed E-state index contributed by atoms with van der Waals surface area (Å²) in [5.74, 6) is 0.986. The van der Waals surface area contributed by atoms with E-state index >= 15 is 0 Å². The Balaban J connectivity index is 1.18. The molecule has 2 heterocycles. The Bertz CT molecular complexity index is 1190. The van der Waals surface area contributed by atoms with E-state index in [2.05, 4.69) is 47.1 Å². The minimum absolute atomic E-state index is 0.00493. The van der Waals surface area contributed by atoms with E-state index in [1.54, 1.807) is 6.07 Å². The van der Waals surface area contributed by atoms with Crippen LogP contribution >= 0.6 is 0 Å². The number of anilines is 2. The fraction of sp³-hybridized carbons (Fsp3) is 0.231. The second-order valence-electron chi connectivity index (χ2n) is 8.38. The standard InChI is InChI=1S/C26H25N3O3/c1-16-12-21-13-20(7-10-24(21)32-16)18-4-2-17(3-5-18)15-27-26(31)28-22-9-6-19-8-11-25(30)29-23(19)14-22/h2-7,9-10,13-14,16H,8,11-12,15H2,1H3,(H,29,30)(H2,27,28,31). The van der Waals surface area contributed by atoms with Gasteiger partial charge in [0.25, 0.3) is 0 Å². The Morgan fingerprint density at radius 1 is 1.00 bits per heavy atom. The predicted octanol–water partition coefficient (Wildman–Crippen LogP) is 4.88. The summed E-state index contributed by atoms with van der Waals surface area (Å²) >= 11 is 0. The van der Waals surface area contributed by atoms with Crippen LogP contribution in [0.25, 0.3) is 11.1 Å². The number of rotatable bonds is 4. The van der Waals surface area contributed by atoms with Crippen molar-refractivity contribution in [1.29, 1.82) is 0 Å². The monoisotopic (exact) mass is 427 g/mol. The Kier molecular flexibility index (Phi) is 5.27. The van der Waals surface area contributed by atoms with Crippen molar-refractivity contribution in [2.75, 3.05) is 10.6 Å². The van der Waals surface area contributed by atoms with Gasteiger partial charge in [-0.05, 0) is 65.4 Å². The molecule has 2 aliphatic rings. The number of hydrogen-bond donors (Lipinski definition) is 3. The maximum atomic E-state index is 12.3. The fourth-order valence-electron chi connectivity index (χ4n) is 4.22. The molecular formula is C26H25N3O3. The first-order valence-electron chi connectivity index (χ1n) is 10.9. The number of aryl methyl sites for hydroxylation is 1. The zero-order valence-corrected chi connectivity index (χ0v) is 17.9. The van der Waals surface area contributed by atoms with Crippen LogP contribution < -0.4 is 20.7 Å². The van der Waals surface area contributed by atoms with Gasteiger partial charge in [-0.3, -0.25) is 4.79 Å². The Morgan fingerprint density at radius 3 is 2.66 bits per heavy atom. The third-order valence-electron chi connectivity index (χ3n) is 5.90. The van der Waals surface area contributed by atoms with Gasteiger partial charge in [0.2, 0.25) is 5.91 Å². The molecule has 1 unspecified atom stereocenters. The lowest BCUT2D eigenvalue weighted by Crippen LogP contribution is -2.28. The maximum Gasteiger partial charge on any atom is 0.319 e. The molecule has 6 heteroatoms. The van der Waals surface area contributed by atoms with Crippen molar-refractivity contribution in [2.45, 2.75) is 38.8 Å². The molecule has 0 saturated carbocycles. The molecule has 0 fully saturated rings. The van der Waals surface area contributed by atoms with Gasteiger partial charge < -0.3 is 20.7 Å².